The fourth-order valence-corrected chi connectivity index (χ4v) is 1.71. The first-order chi connectivity index (χ1) is 8.58. The number of halogens is 1. The van der Waals surface area contributed by atoms with Gasteiger partial charge < -0.3 is 0 Å². The van der Waals surface area contributed by atoms with Crippen molar-refractivity contribution < 1.29 is 4.39 Å². The van der Waals surface area contributed by atoms with Crippen LogP contribution >= 0.6 is 0 Å². The Kier molecular flexibility index (Phi) is 3.47. The summed E-state index contributed by atoms with van der Waals surface area (Å²) in [5.74, 6) is 5.90. The van der Waals surface area contributed by atoms with Gasteiger partial charge in [0.1, 0.15) is 11.5 Å². The van der Waals surface area contributed by atoms with Crippen molar-refractivity contribution in [2.24, 2.45) is 7.05 Å². The van der Waals surface area contributed by atoms with Gasteiger partial charge in [-0.3, -0.25) is 4.68 Å². The molecule has 0 bridgehead atoms. The maximum absolute atomic E-state index is 13.8. The van der Waals surface area contributed by atoms with Crippen molar-refractivity contribution in [1.82, 2.24) is 9.78 Å². The van der Waals surface area contributed by atoms with E-state index in [4.69, 9.17) is 0 Å². The molecule has 0 aliphatic heterocycles. The molecule has 0 unspecified atom stereocenters. The van der Waals surface area contributed by atoms with E-state index in [2.05, 4.69) is 16.9 Å². The summed E-state index contributed by atoms with van der Waals surface area (Å²) < 4.78 is 15.4. The van der Waals surface area contributed by atoms with E-state index >= 15 is 0 Å². The maximum Gasteiger partial charge on any atom is 0.127 e. The highest BCUT2D eigenvalue weighted by molar-refractivity contribution is 5.41. The van der Waals surface area contributed by atoms with E-state index in [-0.39, 0.29) is 11.7 Å². The first kappa shape index (κ1) is 12.4. The van der Waals surface area contributed by atoms with Crippen LogP contribution in [0.3, 0.4) is 0 Å². The smallest absolute Gasteiger partial charge is 0.127 e. The van der Waals surface area contributed by atoms with Crippen LogP contribution in [-0.2, 0) is 7.05 Å². The summed E-state index contributed by atoms with van der Waals surface area (Å²) >= 11 is 0. The zero-order valence-corrected chi connectivity index (χ0v) is 10.7. The second-order valence-electron chi connectivity index (χ2n) is 4.48. The average Bonchev–Trinajstić information content (AvgIpc) is 2.72. The third kappa shape index (κ3) is 2.60. The monoisotopic (exact) mass is 242 g/mol. The zero-order chi connectivity index (χ0) is 13.1. The lowest BCUT2D eigenvalue weighted by molar-refractivity contribution is 0.598. The van der Waals surface area contributed by atoms with Crippen molar-refractivity contribution in [3.63, 3.8) is 0 Å². The first-order valence-corrected chi connectivity index (χ1v) is 5.87. The summed E-state index contributed by atoms with van der Waals surface area (Å²) in [6.45, 7) is 3.94. The van der Waals surface area contributed by atoms with Crippen LogP contribution in [0, 0.1) is 17.7 Å². The predicted molar refractivity (Wildman–Crippen MR) is 69.7 cm³/mol. The number of hydrogen-bond acceptors (Lipinski definition) is 1. The van der Waals surface area contributed by atoms with Crippen molar-refractivity contribution in [2.75, 3.05) is 0 Å². The van der Waals surface area contributed by atoms with Crippen LogP contribution in [0.2, 0.25) is 0 Å². The Bertz CT molecular complexity index is 615. The molecule has 1 heterocycles. The SMILES string of the molecule is CC(C)c1ccc(C#Cc2ccnn2C)cc1F. The number of aromatic nitrogens is 2. The highest BCUT2D eigenvalue weighted by Crippen LogP contribution is 2.18. The largest absolute Gasteiger partial charge is 0.260 e. The van der Waals surface area contributed by atoms with Crippen molar-refractivity contribution in [2.45, 2.75) is 19.8 Å². The van der Waals surface area contributed by atoms with Crippen molar-refractivity contribution >= 4 is 0 Å². The molecule has 1 aromatic carbocycles. The quantitative estimate of drug-likeness (QED) is 0.703. The van der Waals surface area contributed by atoms with Gasteiger partial charge in [0, 0.05) is 12.6 Å². The molecule has 1 aromatic heterocycles. The molecule has 0 aliphatic rings. The van der Waals surface area contributed by atoms with E-state index in [0.717, 1.165) is 11.3 Å². The number of nitrogens with zero attached hydrogens (tertiary/aromatic N) is 2. The molecular weight excluding hydrogens is 227 g/mol. The zero-order valence-electron chi connectivity index (χ0n) is 10.7. The summed E-state index contributed by atoms with van der Waals surface area (Å²) in [6, 6.07) is 6.96. The molecule has 2 aromatic rings. The first-order valence-electron chi connectivity index (χ1n) is 5.87. The third-order valence-electron chi connectivity index (χ3n) is 2.78. The Labute approximate surface area is 106 Å². The van der Waals surface area contributed by atoms with Crippen LogP contribution in [-0.4, -0.2) is 9.78 Å². The summed E-state index contributed by atoms with van der Waals surface area (Å²) in [5.41, 5.74) is 2.21. The van der Waals surface area contributed by atoms with E-state index in [0.29, 0.717) is 5.56 Å². The van der Waals surface area contributed by atoms with Gasteiger partial charge in [0.05, 0.1) is 6.20 Å². The summed E-state index contributed by atoms with van der Waals surface area (Å²) in [4.78, 5) is 0. The fourth-order valence-electron chi connectivity index (χ4n) is 1.71. The molecule has 3 heteroatoms. The van der Waals surface area contributed by atoms with E-state index in [1.165, 1.54) is 6.07 Å². The lowest BCUT2D eigenvalue weighted by Gasteiger charge is -2.06. The molecule has 2 nitrogen and oxygen atoms in total. The van der Waals surface area contributed by atoms with Gasteiger partial charge in [0.15, 0.2) is 0 Å². The Morgan fingerprint density at radius 2 is 2.00 bits per heavy atom. The second-order valence-corrected chi connectivity index (χ2v) is 4.48. The Morgan fingerprint density at radius 1 is 1.22 bits per heavy atom. The molecule has 0 amide bonds. The minimum atomic E-state index is -0.193. The predicted octanol–water partition coefficient (Wildman–Crippen LogP) is 3.08. The minimum Gasteiger partial charge on any atom is -0.260 e. The highest BCUT2D eigenvalue weighted by atomic mass is 19.1. The molecule has 2 rings (SSSR count). The van der Waals surface area contributed by atoms with Gasteiger partial charge in [0.2, 0.25) is 0 Å². The number of aryl methyl sites for hydroxylation is 1. The maximum atomic E-state index is 13.8. The van der Waals surface area contributed by atoms with Crippen LogP contribution in [0.4, 0.5) is 4.39 Å². The normalized spacial score (nSPS) is 10.3. The van der Waals surface area contributed by atoms with Crippen molar-refractivity contribution in [3.8, 4) is 11.8 Å². The molecule has 0 spiro atoms. The van der Waals surface area contributed by atoms with Gasteiger partial charge in [-0.2, -0.15) is 5.10 Å². The molecule has 18 heavy (non-hydrogen) atoms. The average molecular weight is 242 g/mol. The Morgan fingerprint density at radius 3 is 2.56 bits per heavy atom. The lowest BCUT2D eigenvalue weighted by Crippen LogP contribution is -1.94. The molecular formula is C15H15FN2. The third-order valence-corrected chi connectivity index (χ3v) is 2.78. The van der Waals surface area contributed by atoms with Crippen molar-refractivity contribution in [1.29, 1.82) is 0 Å². The molecule has 0 fully saturated rings. The van der Waals surface area contributed by atoms with Crippen LogP contribution in [0.1, 0.15) is 36.6 Å². The van der Waals surface area contributed by atoms with Gasteiger partial charge >= 0.3 is 0 Å². The van der Waals surface area contributed by atoms with Gasteiger partial charge in [0.25, 0.3) is 0 Å². The molecule has 0 saturated heterocycles. The molecule has 0 radical (unpaired) electrons. The summed E-state index contributed by atoms with van der Waals surface area (Å²) in [6.07, 6.45) is 1.69. The van der Waals surface area contributed by atoms with Gasteiger partial charge in [-0.15, -0.1) is 0 Å². The number of rotatable bonds is 1. The van der Waals surface area contributed by atoms with E-state index in [1.807, 2.05) is 33.0 Å². The molecule has 0 saturated carbocycles. The van der Waals surface area contributed by atoms with Crippen LogP contribution in [0.15, 0.2) is 30.5 Å². The van der Waals surface area contributed by atoms with E-state index < -0.39 is 0 Å². The summed E-state index contributed by atoms with van der Waals surface area (Å²) in [5, 5.41) is 4.02. The second kappa shape index (κ2) is 5.05. The topological polar surface area (TPSA) is 17.8 Å². The Balaban J connectivity index is 2.29. The Hall–Kier alpha value is -2.08. The fraction of sp³-hybridized carbons (Fsp3) is 0.267. The minimum absolute atomic E-state index is 0.184. The number of benzene rings is 1. The molecule has 92 valence electrons. The molecule has 0 N–H and O–H groups in total. The van der Waals surface area contributed by atoms with E-state index in [9.17, 15) is 4.39 Å². The van der Waals surface area contributed by atoms with Gasteiger partial charge in [-0.1, -0.05) is 25.8 Å². The van der Waals surface area contributed by atoms with Gasteiger partial charge in [-0.05, 0) is 35.6 Å². The standard InChI is InChI=1S/C15H15FN2/c1-11(2)14-7-5-12(10-15(14)16)4-6-13-8-9-17-18(13)3/h5,7-11H,1-3H3. The summed E-state index contributed by atoms with van der Waals surface area (Å²) in [7, 11) is 1.83. The van der Waals surface area contributed by atoms with Crippen LogP contribution in [0.5, 0.6) is 0 Å². The molecule has 0 aliphatic carbocycles. The highest BCUT2D eigenvalue weighted by Gasteiger charge is 2.06. The number of hydrogen-bond donors (Lipinski definition) is 0. The molecule has 0 atom stereocenters. The van der Waals surface area contributed by atoms with Crippen molar-refractivity contribution in [3.05, 3.63) is 53.1 Å². The van der Waals surface area contributed by atoms with Gasteiger partial charge in [-0.25, -0.2) is 4.39 Å². The van der Waals surface area contributed by atoms with Crippen LogP contribution in [0.25, 0.3) is 0 Å². The van der Waals surface area contributed by atoms with Crippen LogP contribution < -0.4 is 0 Å². The van der Waals surface area contributed by atoms with E-state index in [1.54, 1.807) is 16.9 Å². The lowest BCUT2D eigenvalue weighted by atomic mass is 10.0.